The number of nitrogens with zero attached hydrogens (tertiary/aromatic N) is 2. The second-order valence-electron chi connectivity index (χ2n) is 3.99. The van der Waals surface area contributed by atoms with Crippen LogP contribution in [0.5, 0.6) is 0 Å². The molecule has 0 aromatic carbocycles. The van der Waals surface area contributed by atoms with Gasteiger partial charge in [-0.25, -0.2) is 0 Å². The zero-order valence-electron chi connectivity index (χ0n) is 10.1. The number of rotatable bonds is 6. The lowest BCUT2D eigenvalue weighted by Crippen LogP contribution is -2.33. The highest BCUT2D eigenvalue weighted by Gasteiger charge is 2.32. The first kappa shape index (κ1) is 14.0. The molecule has 0 aliphatic heterocycles. The molecule has 0 saturated heterocycles. The summed E-state index contributed by atoms with van der Waals surface area (Å²) in [5.41, 5.74) is -0.691. The third kappa shape index (κ3) is 4.38. The van der Waals surface area contributed by atoms with Crippen molar-refractivity contribution in [2.45, 2.75) is 45.5 Å². The maximum atomic E-state index is 12.4. The molecule has 0 spiro atoms. The van der Waals surface area contributed by atoms with E-state index < -0.39 is 11.7 Å². The summed E-state index contributed by atoms with van der Waals surface area (Å²) < 4.78 is 38.5. The van der Waals surface area contributed by atoms with Crippen molar-refractivity contribution in [3.8, 4) is 0 Å². The Hall–Kier alpha value is -1.04. The van der Waals surface area contributed by atoms with Crippen molar-refractivity contribution in [1.82, 2.24) is 15.1 Å². The fourth-order valence-electron chi connectivity index (χ4n) is 1.73. The molecule has 1 N–H and O–H groups in total. The Morgan fingerprint density at radius 1 is 1.41 bits per heavy atom. The van der Waals surface area contributed by atoms with E-state index in [4.69, 9.17) is 0 Å². The van der Waals surface area contributed by atoms with E-state index in [-0.39, 0.29) is 6.04 Å². The Morgan fingerprint density at radius 3 is 2.59 bits per heavy atom. The summed E-state index contributed by atoms with van der Waals surface area (Å²) in [5.74, 6) is 0. The van der Waals surface area contributed by atoms with E-state index in [1.807, 2.05) is 6.92 Å². The minimum Gasteiger partial charge on any atom is -0.312 e. The fraction of sp³-hybridized carbons (Fsp3) is 0.727. The Balaban J connectivity index is 2.63. The molecule has 0 aliphatic rings. The molecule has 3 nitrogen and oxygen atoms in total. The Bertz CT molecular complexity index is 327. The molecule has 0 saturated carbocycles. The van der Waals surface area contributed by atoms with Gasteiger partial charge < -0.3 is 5.32 Å². The summed E-state index contributed by atoms with van der Waals surface area (Å²) in [6.45, 7) is 5.30. The van der Waals surface area contributed by atoms with Crippen LogP contribution in [0, 0.1) is 0 Å². The number of likely N-dealkylation sites (N-methyl/N-ethyl adjacent to an activating group) is 1. The van der Waals surface area contributed by atoms with Crippen molar-refractivity contribution in [3.63, 3.8) is 0 Å². The number of aromatic nitrogens is 2. The normalized spacial score (nSPS) is 13.9. The van der Waals surface area contributed by atoms with Crippen LogP contribution in [0.4, 0.5) is 13.2 Å². The van der Waals surface area contributed by atoms with Crippen LogP contribution in [-0.2, 0) is 12.7 Å². The van der Waals surface area contributed by atoms with Crippen molar-refractivity contribution in [2.75, 3.05) is 6.54 Å². The molecule has 6 heteroatoms. The van der Waals surface area contributed by atoms with E-state index in [2.05, 4.69) is 17.3 Å². The van der Waals surface area contributed by atoms with E-state index in [1.165, 1.54) is 4.68 Å². The van der Waals surface area contributed by atoms with Crippen LogP contribution >= 0.6 is 0 Å². The van der Waals surface area contributed by atoms with Crippen molar-refractivity contribution in [3.05, 3.63) is 18.0 Å². The first-order valence-corrected chi connectivity index (χ1v) is 5.80. The highest BCUT2D eigenvalue weighted by atomic mass is 19.4. The van der Waals surface area contributed by atoms with Gasteiger partial charge in [-0.3, -0.25) is 4.68 Å². The number of alkyl halides is 3. The molecule has 0 aliphatic carbocycles. The monoisotopic (exact) mass is 249 g/mol. The highest BCUT2D eigenvalue weighted by molar-refractivity contribution is 5.08. The van der Waals surface area contributed by atoms with Crippen LogP contribution in [0.15, 0.2) is 12.4 Å². The molecule has 1 aromatic heterocycles. The van der Waals surface area contributed by atoms with Gasteiger partial charge in [-0.1, -0.05) is 20.3 Å². The van der Waals surface area contributed by atoms with Crippen LogP contribution in [0.25, 0.3) is 0 Å². The largest absolute Gasteiger partial charge is 0.419 e. The zero-order chi connectivity index (χ0) is 12.9. The summed E-state index contributed by atoms with van der Waals surface area (Å²) in [4.78, 5) is 0. The van der Waals surface area contributed by atoms with E-state index in [0.717, 1.165) is 31.8 Å². The van der Waals surface area contributed by atoms with E-state index >= 15 is 0 Å². The van der Waals surface area contributed by atoms with Crippen LogP contribution < -0.4 is 5.32 Å². The Labute approximate surface area is 99.0 Å². The molecule has 0 fully saturated rings. The second-order valence-corrected chi connectivity index (χ2v) is 3.99. The molecular weight excluding hydrogens is 231 g/mol. The lowest BCUT2D eigenvalue weighted by atomic mass is 10.1. The Morgan fingerprint density at radius 2 is 2.12 bits per heavy atom. The van der Waals surface area contributed by atoms with Crippen molar-refractivity contribution < 1.29 is 13.2 Å². The van der Waals surface area contributed by atoms with E-state index in [1.54, 1.807) is 0 Å². The maximum Gasteiger partial charge on any atom is 0.419 e. The number of nitrogens with one attached hydrogen (secondary N) is 1. The van der Waals surface area contributed by atoms with Gasteiger partial charge in [-0.15, -0.1) is 0 Å². The van der Waals surface area contributed by atoms with Crippen molar-refractivity contribution >= 4 is 0 Å². The second kappa shape index (κ2) is 6.05. The predicted octanol–water partition coefficient (Wildman–Crippen LogP) is 2.68. The first-order chi connectivity index (χ1) is 7.97. The van der Waals surface area contributed by atoms with E-state index in [9.17, 15) is 13.2 Å². The van der Waals surface area contributed by atoms with Crippen molar-refractivity contribution in [2.24, 2.45) is 0 Å². The van der Waals surface area contributed by atoms with Gasteiger partial charge in [0.2, 0.25) is 0 Å². The highest BCUT2D eigenvalue weighted by Crippen LogP contribution is 2.28. The van der Waals surface area contributed by atoms with Gasteiger partial charge in [0.15, 0.2) is 0 Å². The number of hydrogen-bond donors (Lipinski definition) is 1. The third-order valence-electron chi connectivity index (χ3n) is 2.50. The van der Waals surface area contributed by atoms with Gasteiger partial charge >= 0.3 is 6.18 Å². The molecule has 0 radical (unpaired) electrons. The molecule has 1 aromatic rings. The molecule has 1 rings (SSSR count). The molecular formula is C11H18F3N3. The average Bonchev–Trinajstić information content (AvgIpc) is 2.66. The van der Waals surface area contributed by atoms with Gasteiger partial charge in [0.05, 0.1) is 18.3 Å². The van der Waals surface area contributed by atoms with Crippen LogP contribution in [0.1, 0.15) is 32.3 Å². The predicted molar refractivity (Wildman–Crippen MR) is 59.6 cm³/mol. The standard InChI is InChI=1S/C11H18F3N3/c1-3-5-10(15-4-2)8-17-7-9(6-16-17)11(12,13)14/h6-7,10,15H,3-5,8H2,1-2H3. The summed E-state index contributed by atoms with van der Waals surface area (Å²) in [6.07, 6.45) is -0.467. The van der Waals surface area contributed by atoms with Gasteiger partial charge in [0, 0.05) is 12.2 Å². The fourth-order valence-corrected chi connectivity index (χ4v) is 1.73. The molecule has 1 unspecified atom stereocenters. The topological polar surface area (TPSA) is 29.9 Å². The molecule has 17 heavy (non-hydrogen) atoms. The molecule has 1 heterocycles. The lowest BCUT2D eigenvalue weighted by molar-refractivity contribution is -0.137. The molecule has 1 atom stereocenters. The summed E-state index contributed by atoms with van der Waals surface area (Å²) >= 11 is 0. The molecule has 0 bridgehead atoms. The zero-order valence-corrected chi connectivity index (χ0v) is 10.1. The van der Waals surface area contributed by atoms with Gasteiger partial charge in [0.25, 0.3) is 0 Å². The minimum atomic E-state index is -4.31. The summed E-state index contributed by atoms with van der Waals surface area (Å²) in [7, 11) is 0. The van der Waals surface area contributed by atoms with Crippen LogP contribution in [0.2, 0.25) is 0 Å². The van der Waals surface area contributed by atoms with Crippen LogP contribution in [0.3, 0.4) is 0 Å². The summed E-state index contributed by atoms with van der Waals surface area (Å²) in [6, 6.07) is 0.172. The quantitative estimate of drug-likeness (QED) is 0.840. The SMILES string of the molecule is CCCC(Cn1cc(C(F)(F)F)cn1)NCC. The van der Waals surface area contributed by atoms with E-state index in [0.29, 0.717) is 6.54 Å². The van der Waals surface area contributed by atoms with Gasteiger partial charge in [-0.05, 0) is 13.0 Å². The first-order valence-electron chi connectivity index (χ1n) is 5.80. The maximum absolute atomic E-state index is 12.4. The average molecular weight is 249 g/mol. The third-order valence-corrected chi connectivity index (χ3v) is 2.50. The molecule has 0 amide bonds. The smallest absolute Gasteiger partial charge is 0.312 e. The minimum absolute atomic E-state index is 0.172. The Kier molecular flexibility index (Phi) is 4.99. The van der Waals surface area contributed by atoms with Crippen molar-refractivity contribution in [1.29, 1.82) is 0 Å². The number of halogens is 3. The van der Waals surface area contributed by atoms with Crippen LogP contribution in [-0.4, -0.2) is 22.4 Å². The molecule has 98 valence electrons. The summed E-state index contributed by atoms with van der Waals surface area (Å²) in [5, 5.41) is 6.98. The lowest BCUT2D eigenvalue weighted by Gasteiger charge is -2.16. The van der Waals surface area contributed by atoms with Gasteiger partial charge in [0.1, 0.15) is 0 Å². The van der Waals surface area contributed by atoms with Gasteiger partial charge in [-0.2, -0.15) is 18.3 Å². The number of hydrogen-bond acceptors (Lipinski definition) is 2.